The molecule has 1 rings (SSSR count). The Labute approximate surface area is 143 Å². The number of hydrogen-bond donors (Lipinski definition) is 0. The van der Waals surface area contributed by atoms with Gasteiger partial charge in [-0.05, 0) is 12.8 Å². The molecule has 0 radical (unpaired) electrons. The molecule has 0 aliphatic heterocycles. The van der Waals surface area contributed by atoms with Gasteiger partial charge in [-0.1, -0.05) is 33.1 Å². The van der Waals surface area contributed by atoms with Gasteiger partial charge < -0.3 is 4.74 Å². The van der Waals surface area contributed by atoms with Crippen molar-refractivity contribution in [1.29, 1.82) is 0 Å². The number of carbonyl (C=O) groups is 1. The molecule has 0 bridgehead atoms. The molecule has 25 heavy (non-hydrogen) atoms. The number of ether oxygens (including phenoxy) is 1. The Morgan fingerprint density at radius 2 is 1.44 bits per heavy atom. The maximum absolute atomic E-state index is 12.9. The third kappa shape index (κ3) is 6.55. The fraction of sp³-hybridized carbons (Fsp3) is 0.824. The topological polar surface area (TPSA) is 26.3 Å². The van der Waals surface area contributed by atoms with Gasteiger partial charge in [0.25, 0.3) is 0 Å². The Kier molecular flexibility index (Phi) is 6.62. The van der Waals surface area contributed by atoms with Gasteiger partial charge in [0.15, 0.2) is 5.78 Å². The number of alkyl halides is 6. The zero-order chi connectivity index (χ0) is 19.5. The van der Waals surface area contributed by atoms with E-state index < -0.39 is 47.6 Å². The number of methoxy groups -OCH3 is 1. The van der Waals surface area contributed by atoms with Crippen molar-refractivity contribution in [3.05, 3.63) is 11.8 Å². The van der Waals surface area contributed by atoms with Crippen molar-refractivity contribution in [2.24, 2.45) is 10.8 Å². The highest BCUT2D eigenvalue weighted by Gasteiger charge is 2.49. The molecule has 1 saturated carbocycles. The largest absolute Gasteiger partial charge is 0.500 e. The van der Waals surface area contributed by atoms with Crippen LogP contribution in [0.15, 0.2) is 11.8 Å². The summed E-state index contributed by atoms with van der Waals surface area (Å²) in [5, 5.41) is 0. The third-order valence-electron chi connectivity index (χ3n) is 4.81. The first-order valence-corrected chi connectivity index (χ1v) is 8.15. The highest BCUT2D eigenvalue weighted by Crippen LogP contribution is 2.47. The molecule has 0 saturated heterocycles. The van der Waals surface area contributed by atoms with E-state index in [1.165, 1.54) is 0 Å². The fourth-order valence-corrected chi connectivity index (χ4v) is 3.47. The molecule has 1 aliphatic carbocycles. The van der Waals surface area contributed by atoms with Crippen LogP contribution in [0.5, 0.6) is 0 Å². The first kappa shape index (κ1) is 21.8. The van der Waals surface area contributed by atoms with Crippen molar-refractivity contribution < 1.29 is 35.9 Å². The Morgan fingerprint density at radius 3 is 1.80 bits per heavy atom. The molecule has 0 aromatic carbocycles. The molecule has 0 N–H and O–H groups in total. The lowest BCUT2D eigenvalue weighted by Crippen LogP contribution is -2.35. The molecule has 0 unspecified atom stereocenters. The number of rotatable bonds is 6. The zero-order valence-corrected chi connectivity index (χ0v) is 14.6. The minimum atomic E-state index is -4.82. The Bertz CT molecular complexity index is 482. The van der Waals surface area contributed by atoms with Crippen LogP contribution in [0.2, 0.25) is 0 Å². The van der Waals surface area contributed by atoms with Crippen molar-refractivity contribution >= 4 is 5.78 Å². The van der Waals surface area contributed by atoms with E-state index in [4.69, 9.17) is 4.74 Å². The van der Waals surface area contributed by atoms with Crippen molar-refractivity contribution in [2.45, 2.75) is 71.1 Å². The minimum Gasteiger partial charge on any atom is -0.500 e. The summed E-state index contributed by atoms with van der Waals surface area (Å²) in [7, 11) is 0.993. The molecule has 1 fully saturated rings. The van der Waals surface area contributed by atoms with Gasteiger partial charge in [-0.15, -0.1) is 0 Å². The van der Waals surface area contributed by atoms with Crippen LogP contribution in [0.4, 0.5) is 26.3 Å². The van der Waals surface area contributed by atoms with Gasteiger partial charge in [-0.2, -0.15) is 26.3 Å². The molecule has 0 atom stereocenters. The van der Waals surface area contributed by atoms with Gasteiger partial charge in [0, 0.05) is 16.9 Å². The number of ketones is 1. The van der Waals surface area contributed by atoms with Crippen LogP contribution in [0, 0.1) is 10.8 Å². The normalized spacial score (nSPS) is 19.6. The van der Waals surface area contributed by atoms with E-state index >= 15 is 0 Å². The molecule has 146 valence electrons. The van der Waals surface area contributed by atoms with Crippen LogP contribution in [-0.2, 0) is 9.53 Å². The zero-order valence-electron chi connectivity index (χ0n) is 14.6. The van der Waals surface area contributed by atoms with E-state index in [1.54, 1.807) is 6.92 Å². The number of halogens is 6. The van der Waals surface area contributed by atoms with Crippen LogP contribution in [-0.4, -0.2) is 25.2 Å². The van der Waals surface area contributed by atoms with Crippen molar-refractivity contribution in [3.63, 3.8) is 0 Å². The molecule has 0 spiro atoms. The summed E-state index contributed by atoms with van der Waals surface area (Å²) in [5.74, 6) is -1.04. The number of allylic oxidation sites excluding steroid dienone is 2. The lowest BCUT2D eigenvalue weighted by Gasteiger charge is -2.35. The molecule has 1 aliphatic rings. The van der Waals surface area contributed by atoms with Crippen LogP contribution in [0.25, 0.3) is 0 Å². The highest BCUT2D eigenvalue weighted by atomic mass is 19.4. The summed E-state index contributed by atoms with van der Waals surface area (Å²) < 4.78 is 82.0. The van der Waals surface area contributed by atoms with Gasteiger partial charge >= 0.3 is 12.4 Å². The summed E-state index contributed by atoms with van der Waals surface area (Å²) in [5.41, 5.74) is -3.15. The highest BCUT2D eigenvalue weighted by molar-refractivity contribution is 5.95. The van der Waals surface area contributed by atoms with E-state index in [2.05, 4.69) is 0 Å². The molecule has 0 heterocycles. The van der Waals surface area contributed by atoms with Crippen molar-refractivity contribution in [2.75, 3.05) is 7.11 Å². The number of carbonyl (C=O) groups excluding carboxylic acids is 1. The van der Waals surface area contributed by atoms with E-state index in [1.807, 2.05) is 0 Å². The molecule has 0 amide bonds. The summed E-state index contributed by atoms with van der Waals surface area (Å²) in [6.07, 6.45) is -8.53. The lowest BCUT2D eigenvalue weighted by atomic mass is 9.71. The van der Waals surface area contributed by atoms with Crippen LogP contribution in [0.3, 0.4) is 0 Å². The molecule has 0 aromatic heterocycles. The van der Waals surface area contributed by atoms with Gasteiger partial charge in [-0.3, -0.25) is 4.79 Å². The van der Waals surface area contributed by atoms with Crippen LogP contribution >= 0.6 is 0 Å². The first-order chi connectivity index (χ1) is 11.2. The van der Waals surface area contributed by atoms with Gasteiger partial charge in [-0.25, -0.2) is 0 Å². The molecule has 0 aromatic rings. The van der Waals surface area contributed by atoms with Crippen LogP contribution in [0.1, 0.15) is 58.8 Å². The second-order valence-electron chi connectivity index (χ2n) is 7.34. The Morgan fingerprint density at radius 1 is 1.00 bits per heavy atom. The predicted molar refractivity (Wildman–Crippen MR) is 80.7 cm³/mol. The molecule has 2 nitrogen and oxygen atoms in total. The van der Waals surface area contributed by atoms with E-state index in [-0.39, 0.29) is 0 Å². The predicted octanol–water partition coefficient (Wildman–Crippen LogP) is 5.97. The summed E-state index contributed by atoms with van der Waals surface area (Å²) in [6.45, 7) is 2.53. The lowest BCUT2D eigenvalue weighted by molar-refractivity contribution is -0.191. The third-order valence-corrected chi connectivity index (χ3v) is 4.81. The van der Waals surface area contributed by atoms with E-state index in [9.17, 15) is 31.1 Å². The maximum Gasteiger partial charge on any atom is 0.390 e. The van der Waals surface area contributed by atoms with E-state index in [0.717, 1.165) is 39.4 Å². The van der Waals surface area contributed by atoms with Crippen LogP contribution < -0.4 is 0 Å². The SMILES string of the molecule is CO/C(=C\C(=O)C1(C)CCCCC1)C(C)(CC(F)(F)F)CC(F)(F)F. The Hall–Kier alpha value is -1.21. The molecule has 8 heteroatoms. The second kappa shape index (κ2) is 7.58. The fourth-order valence-electron chi connectivity index (χ4n) is 3.47. The van der Waals surface area contributed by atoms with E-state index in [0.29, 0.717) is 12.8 Å². The smallest absolute Gasteiger partial charge is 0.390 e. The number of hydrogen-bond acceptors (Lipinski definition) is 2. The average Bonchev–Trinajstić information content (AvgIpc) is 2.40. The van der Waals surface area contributed by atoms with Crippen molar-refractivity contribution in [3.8, 4) is 0 Å². The second-order valence-corrected chi connectivity index (χ2v) is 7.34. The minimum absolute atomic E-state index is 0.473. The van der Waals surface area contributed by atoms with Gasteiger partial charge in [0.2, 0.25) is 0 Å². The Balaban J connectivity index is 3.20. The molecular formula is C17H24F6O2. The summed E-state index contributed by atoms with van der Waals surface area (Å²) in [6, 6.07) is 0. The summed E-state index contributed by atoms with van der Waals surface area (Å²) in [4.78, 5) is 12.5. The first-order valence-electron chi connectivity index (χ1n) is 8.15. The quantitative estimate of drug-likeness (QED) is 0.325. The maximum atomic E-state index is 12.9. The van der Waals surface area contributed by atoms with Gasteiger partial charge in [0.1, 0.15) is 5.76 Å². The van der Waals surface area contributed by atoms with Gasteiger partial charge in [0.05, 0.1) is 20.0 Å². The average molecular weight is 374 g/mol. The molecular weight excluding hydrogens is 350 g/mol. The van der Waals surface area contributed by atoms with Crippen molar-refractivity contribution in [1.82, 2.24) is 0 Å². The standard InChI is InChI=1S/C17H24F6O2/c1-14(7-5-4-6-8-14)12(24)9-13(25-3)15(2,10-16(18,19)20)11-17(21,22)23/h9H,4-8,10-11H2,1-3H3/b13-9-. The summed E-state index contributed by atoms with van der Waals surface area (Å²) >= 11 is 0. The monoisotopic (exact) mass is 374 g/mol.